The molecule has 2 N–H and O–H groups in total. The molecule has 0 spiro atoms. The third-order valence-electron chi connectivity index (χ3n) is 4.06. The minimum absolute atomic E-state index is 0.210. The molecule has 0 bridgehead atoms. The van der Waals surface area contributed by atoms with Gasteiger partial charge >= 0.3 is 0 Å². The van der Waals surface area contributed by atoms with E-state index < -0.39 is 0 Å². The van der Waals surface area contributed by atoms with Crippen LogP contribution in [0, 0.1) is 5.82 Å². The van der Waals surface area contributed by atoms with Crippen molar-refractivity contribution in [2.45, 2.75) is 20.3 Å². The van der Waals surface area contributed by atoms with Gasteiger partial charge in [-0.15, -0.1) is 0 Å². The van der Waals surface area contributed by atoms with Crippen LogP contribution in [0.15, 0.2) is 30.5 Å². The Morgan fingerprint density at radius 1 is 1.13 bits per heavy atom. The number of nitrogens with zero attached hydrogens (tertiary/aromatic N) is 3. The molecule has 1 aromatic heterocycles. The zero-order valence-electron chi connectivity index (χ0n) is 14.1. The lowest BCUT2D eigenvalue weighted by Crippen LogP contribution is -2.47. The number of nitrogens with two attached hydrogens (primary N) is 1. The Balaban J connectivity index is 0.000000924. The molecule has 0 unspecified atom stereocenters. The largest absolute Gasteiger partial charge is 0.354 e. The first-order chi connectivity index (χ1) is 11.3. The predicted octanol–water partition coefficient (Wildman–Crippen LogP) is 2.87. The second-order valence-corrected chi connectivity index (χ2v) is 5.47. The highest BCUT2D eigenvalue weighted by atomic mass is 19.1. The number of piperazine rings is 1. The summed E-state index contributed by atoms with van der Waals surface area (Å²) in [5.41, 5.74) is 5.56. The quantitative estimate of drug-likeness (QED) is 0.941. The summed E-state index contributed by atoms with van der Waals surface area (Å²) >= 11 is 0. The molecule has 126 valence electrons. The van der Waals surface area contributed by atoms with E-state index in [2.05, 4.69) is 14.8 Å². The van der Waals surface area contributed by atoms with Gasteiger partial charge in [-0.2, -0.15) is 0 Å². The number of hydrogen-bond acceptors (Lipinski definition) is 4. The van der Waals surface area contributed by atoms with E-state index in [1.165, 1.54) is 6.07 Å². The lowest BCUT2D eigenvalue weighted by molar-refractivity contribution is 0.256. The monoisotopic (exact) mass is 318 g/mol. The maximum atomic E-state index is 13.5. The van der Waals surface area contributed by atoms with Crippen LogP contribution < -0.4 is 10.6 Å². The summed E-state index contributed by atoms with van der Waals surface area (Å²) in [4.78, 5) is 9.16. The Bertz CT molecular complexity index is 609. The molecular weight excluding hydrogens is 291 g/mol. The number of rotatable bonds is 4. The first-order valence-electron chi connectivity index (χ1n) is 8.49. The molecule has 0 aliphatic carbocycles. The molecule has 23 heavy (non-hydrogen) atoms. The topological polar surface area (TPSA) is 45.4 Å². The Morgan fingerprint density at radius 2 is 1.87 bits per heavy atom. The van der Waals surface area contributed by atoms with Crippen molar-refractivity contribution in [3.05, 3.63) is 36.3 Å². The van der Waals surface area contributed by atoms with Gasteiger partial charge < -0.3 is 10.6 Å². The van der Waals surface area contributed by atoms with Crippen LogP contribution in [0.4, 0.5) is 10.2 Å². The summed E-state index contributed by atoms with van der Waals surface area (Å²) in [7, 11) is 0. The van der Waals surface area contributed by atoms with Crippen molar-refractivity contribution in [1.82, 2.24) is 9.88 Å². The summed E-state index contributed by atoms with van der Waals surface area (Å²) in [5.74, 6) is 0.684. The van der Waals surface area contributed by atoms with Gasteiger partial charge in [0, 0.05) is 37.8 Å². The lowest BCUT2D eigenvalue weighted by Gasteiger charge is -2.35. The van der Waals surface area contributed by atoms with Crippen LogP contribution in [0.2, 0.25) is 0 Å². The summed E-state index contributed by atoms with van der Waals surface area (Å²) in [5, 5.41) is 1.93. The number of hydrogen-bond donors (Lipinski definition) is 1. The van der Waals surface area contributed by atoms with Crippen molar-refractivity contribution in [3.8, 4) is 0 Å². The van der Waals surface area contributed by atoms with E-state index in [9.17, 15) is 4.39 Å². The first-order valence-corrected chi connectivity index (χ1v) is 8.49. The molecule has 3 rings (SSSR count). The zero-order chi connectivity index (χ0) is 16.7. The molecule has 1 fully saturated rings. The van der Waals surface area contributed by atoms with Crippen molar-refractivity contribution in [2.24, 2.45) is 5.73 Å². The van der Waals surface area contributed by atoms with Crippen LogP contribution in [0.5, 0.6) is 0 Å². The van der Waals surface area contributed by atoms with Crippen LogP contribution in [0.3, 0.4) is 0 Å². The standard InChI is InChI=1S/C16H21FN4.C2H6/c17-14-3-2-13-4-6-19-16(15(13)12-14)21-10-8-20(9-11-21)7-1-5-18;1-2/h2-4,6,12H,1,5,7-11,18H2;1-2H3. The average molecular weight is 318 g/mol. The van der Waals surface area contributed by atoms with Crippen molar-refractivity contribution in [1.29, 1.82) is 0 Å². The second-order valence-electron chi connectivity index (χ2n) is 5.47. The van der Waals surface area contributed by atoms with E-state index >= 15 is 0 Å². The number of halogens is 1. The first kappa shape index (κ1) is 17.6. The van der Waals surface area contributed by atoms with E-state index in [0.29, 0.717) is 0 Å². The van der Waals surface area contributed by atoms with Crippen LogP contribution in [0.25, 0.3) is 10.8 Å². The molecule has 0 atom stereocenters. The van der Waals surface area contributed by atoms with Gasteiger partial charge in [0.2, 0.25) is 0 Å². The van der Waals surface area contributed by atoms with Gasteiger partial charge in [0.05, 0.1) is 0 Å². The number of fused-ring (bicyclic) bond motifs is 1. The van der Waals surface area contributed by atoms with Crippen LogP contribution in [-0.4, -0.2) is 49.2 Å². The summed E-state index contributed by atoms with van der Waals surface area (Å²) in [6.07, 6.45) is 2.84. The highest BCUT2D eigenvalue weighted by Gasteiger charge is 2.19. The van der Waals surface area contributed by atoms with Gasteiger partial charge in [-0.1, -0.05) is 19.9 Å². The molecule has 2 heterocycles. The van der Waals surface area contributed by atoms with Gasteiger partial charge in [-0.25, -0.2) is 9.37 Å². The summed E-state index contributed by atoms with van der Waals surface area (Å²) in [6.45, 7) is 9.66. The van der Waals surface area contributed by atoms with Gasteiger partial charge in [0.25, 0.3) is 0 Å². The zero-order valence-corrected chi connectivity index (χ0v) is 14.1. The minimum atomic E-state index is -0.210. The van der Waals surface area contributed by atoms with E-state index in [0.717, 1.165) is 62.3 Å². The molecule has 2 aromatic rings. The van der Waals surface area contributed by atoms with Crippen LogP contribution in [0.1, 0.15) is 20.3 Å². The molecule has 0 saturated carbocycles. The minimum Gasteiger partial charge on any atom is -0.354 e. The normalized spacial score (nSPS) is 15.4. The molecule has 5 heteroatoms. The third-order valence-corrected chi connectivity index (χ3v) is 4.06. The predicted molar refractivity (Wildman–Crippen MR) is 95.4 cm³/mol. The van der Waals surface area contributed by atoms with E-state index in [-0.39, 0.29) is 5.82 Å². The van der Waals surface area contributed by atoms with Crippen molar-refractivity contribution in [3.63, 3.8) is 0 Å². The highest BCUT2D eigenvalue weighted by molar-refractivity contribution is 5.92. The molecule has 4 nitrogen and oxygen atoms in total. The number of benzene rings is 1. The van der Waals surface area contributed by atoms with Crippen molar-refractivity contribution in [2.75, 3.05) is 44.2 Å². The van der Waals surface area contributed by atoms with Crippen LogP contribution in [-0.2, 0) is 0 Å². The van der Waals surface area contributed by atoms with Gasteiger partial charge in [-0.05, 0) is 43.1 Å². The third kappa shape index (κ3) is 4.39. The Morgan fingerprint density at radius 3 is 2.57 bits per heavy atom. The highest BCUT2D eigenvalue weighted by Crippen LogP contribution is 2.26. The molecule has 0 amide bonds. The Hall–Kier alpha value is -1.72. The van der Waals surface area contributed by atoms with E-state index in [4.69, 9.17) is 5.73 Å². The van der Waals surface area contributed by atoms with Gasteiger partial charge in [-0.3, -0.25) is 4.90 Å². The number of pyridine rings is 1. The van der Waals surface area contributed by atoms with Crippen molar-refractivity contribution < 1.29 is 4.39 Å². The fourth-order valence-electron chi connectivity index (χ4n) is 2.88. The average Bonchev–Trinajstić information content (AvgIpc) is 2.61. The number of aromatic nitrogens is 1. The molecule has 1 aromatic carbocycles. The van der Waals surface area contributed by atoms with E-state index in [1.807, 2.05) is 26.0 Å². The van der Waals surface area contributed by atoms with Gasteiger partial charge in [0.15, 0.2) is 0 Å². The maximum Gasteiger partial charge on any atom is 0.136 e. The van der Waals surface area contributed by atoms with Crippen molar-refractivity contribution >= 4 is 16.6 Å². The second kappa shape index (κ2) is 8.79. The smallest absolute Gasteiger partial charge is 0.136 e. The Kier molecular flexibility index (Phi) is 6.74. The summed E-state index contributed by atoms with van der Waals surface area (Å²) in [6, 6.07) is 6.82. The molecular formula is C18H27FN4. The SMILES string of the molecule is CC.NCCCN1CCN(c2nccc3ccc(F)cc23)CC1. The molecule has 1 aliphatic heterocycles. The van der Waals surface area contributed by atoms with Gasteiger partial charge in [0.1, 0.15) is 11.6 Å². The lowest BCUT2D eigenvalue weighted by atomic mass is 10.1. The Labute approximate surface area is 138 Å². The fourth-order valence-corrected chi connectivity index (χ4v) is 2.88. The number of anilines is 1. The summed E-state index contributed by atoms with van der Waals surface area (Å²) < 4.78 is 13.5. The van der Waals surface area contributed by atoms with Crippen LogP contribution >= 0.6 is 0 Å². The molecule has 1 saturated heterocycles. The fraction of sp³-hybridized carbons (Fsp3) is 0.500. The van der Waals surface area contributed by atoms with E-state index in [1.54, 1.807) is 12.3 Å². The maximum absolute atomic E-state index is 13.5. The molecule has 1 aliphatic rings. The molecule has 0 radical (unpaired) electrons.